The molecule has 0 saturated carbocycles. The zero-order valence-corrected chi connectivity index (χ0v) is 43.6. The summed E-state index contributed by atoms with van der Waals surface area (Å²) in [5, 5.41) is 3.90. The molecular weight excluding hydrogens is 949 g/mol. The Labute approximate surface area is 428 Å². The molecule has 1 atom stereocenters. The van der Waals surface area contributed by atoms with Crippen LogP contribution in [0.5, 0.6) is 34.5 Å². The van der Waals surface area contributed by atoms with Crippen molar-refractivity contribution in [3.05, 3.63) is 166 Å². The van der Waals surface area contributed by atoms with E-state index in [2.05, 4.69) is 61.0 Å². The minimum Gasteiger partial charge on any atom is -0.486 e. The Morgan fingerprint density at radius 3 is 1.47 bits per heavy atom. The van der Waals surface area contributed by atoms with Gasteiger partial charge < -0.3 is 28.1 Å². The fraction of sp³-hybridized carbons (Fsp3) is 0.250. The van der Waals surface area contributed by atoms with Gasteiger partial charge >= 0.3 is 0 Å². The highest BCUT2D eigenvalue weighted by molar-refractivity contribution is 8.00. The van der Waals surface area contributed by atoms with Gasteiger partial charge in [-0.3, -0.25) is 29.8 Å². The van der Waals surface area contributed by atoms with Crippen molar-refractivity contribution < 1.29 is 38.1 Å². The number of imide groups is 2. The van der Waals surface area contributed by atoms with Gasteiger partial charge in [0.15, 0.2) is 0 Å². The lowest BCUT2D eigenvalue weighted by atomic mass is 10.1. The highest BCUT2D eigenvalue weighted by Gasteiger charge is 2.18. The zero-order chi connectivity index (χ0) is 51.7. The summed E-state index contributed by atoms with van der Waals surface area (Å²) in [6.45, 7) is 11.0. The zero-order valence-electron chi connectivity index (χ0n) is 42.0. The standard InChI is InChI=1S/C28H29N3O4S.C24H24N2O2.C4H7NO2S/c1-18-5-6-19(2)25(13-18)35-22-11-12-23-24(15-22)31(3)27(30-23)16-34-21-9-7-20(8-10-21)14-26(36-4)28(33)29-17-32;1-16-6-9-19(10-7-16)27-15-24-25-21-12-11-20(14-22(21)26(24)4)28-23-13-17(2)5-8-18(23)3;1-8-2-4(7)5-3-6/h5-13,15,17,26H,14,16H2,1-4H3,(H,29,32,33);5-14H,15H2,1-4H3;3H,2H2,1H3,(H,5,6,7). The van der Waals surface area contributed by atoms with Crippen molar-refractivity contribution in [3.8, 4) is 34.5 Å². The van der Waals surface area contributed by atoms with Crippen LogP contribution in [-0.4, -0.2) is 67.3 Å². The number of thioether (sulfide) groups is 2. The minimum atomic E-state index is -0.328. The molecule has 16 heteroatoms. The number of nitrogens with one attached hydrogen (secondary N) is 2. The number of aryl methyl sites for hydroxylation is 7. The second kappa shape index (κ2) is 26.1. The number of imidazole rings is 2. The van der Waals surface area contributed by atoms with Gasteiger partial charge in [0.2, 0.25) is 24.6 Å². The molecule has 0 spiro atoms. The first kappa shape index (κ1) is 53.8. The Hall–Kier alpha value is -7.56. The number of benzene rings is 6. The molecular formula is C56H60N6O8S2. The highest BCUT2D eigenvalue weighted by atomic mass is 32.2. The Morgan fingerprint density at radius 2 is 1.03 bits per heavy atom. The van der Waals surface area contributed by atoms with E-state index in [0.29, 0.717) is 44.0 Å². The molecule has 2 heterocycles. The second-order valence-corrected chi connectivity index (χ2v) is 18.8. The number of carbonyl (C=O) groups excluding carboxylic acids is 4. The van der Waals surface area contributed by atoms with E-state index in [1.807, 2.05) is 135 Å². The van der Waals surface area contributed by atoms with Crippen LogP contribution in [0.25, 0.3) is 22.1 Å². The molecule has 14 nitrogen and oxygen atoms in total. The minimum absolute atomic E-state index is 0.243. The molecule has 8 rings (SSSR count). The van der Waals surface area contributed by atoms with E-state index in [4.69, 9.17) is 28.9 Å². The van der Waals surface area contributed by atoms with Gasteiger partial charge in [0, 0.05) is 26.2 Å². The molecule has 0 fully saturated rings. The van der Waals surface area contributed by atoms with E-state index in [0.717, 1.165) is 84.7 Å². The molecule has 0 aliphatic rings. The van der Waals surface area contributed by atoms with Gasteiger partial charge in [0.1, 0.15) is 59.4 Å². The number of fused-ring (bicyclic) bond motifs is 2. The van der Waals surface area contributed by atoms with E-state index in [1.165, 1.54) is 34.7 Å². The monoisotopic (exact) mass is 1010 g/mol. The fourth-order valence-corrected chi connectivity index (χ4v) is 8.24. The van der Waals surface area contributed by atoms with Crippen LogP contribution < -0.4 is 29.6 Å². The Kier molecular flexibility index (Phi) is 19.5. The van der Waals surface area contributed by atoms with Gasteiger partial charge in [-0.05, 0) is 142 Å². The van der Waals surface area contributed by atoms with Crippen molar-refractivity contribution in [2.75, 3.05) is 18.3 Å². The van der Waals surface area contributed by atoms with Crippen LogP contribution in [0.2, 0.25) is 0 Å². The average Bonchev–Trinajstić information content (AvgIpc) is 3.86. The summed E-state index contributed by atoms with van der Waals surface area (Å²) in [4.78, 5) is 51.7. The van der Waals surface area contributed by atoms with Crippen molar-refractivity contribution in [1.29, 1.82) is 0 Å². The first-order valence-electron chi connectivity index (χ1n) is 23.0. The molecule has 0 bridgehead atoms. The second-order valence-electron chi connectivity index (χ2n) is 16.9. The van der Waals surface area contributed by atoms with Crippen LogP contribution in [-0.2, 0) is 52.9 Å². The van der Waals surface area contributed by atoms with Crippen molar-refractivity contribution in [2.45, 2.75) is 59.5 Å². The topological polar surface area (TPSA) is 165 Å². The molecule has 2 N–H and O–H groups in total. The Morgan fingerprint density at radius 1 is 0.583 bits per heavy atom. The largest absolute Gasteiger partial charge is 0.486 e. The van der Waals surface area contributed by atoms with Crippen LogP contribution in [0.15, 0.2) is 121 Å². The summed E-state index contributed by atoms with van der Waals surface area (Å²) in [7, 11) is 3.97. The Bertz CT molecular complexity index is 3130. The third-order valence-electron chi connectivity index (χ3n) is 11.4. The van der Waals surface area contributed by atoms with Gasteiger partial charge in [-0.2, -0.15) is 23.5 Å². The molecule has 1 unspecified atom stereocenters. The first-order valence-corrected chi connectivity index (χ1v) is 25.7. The SMILES string of the molecule is CSC(Cc1ccc(OCc2nc3ccc(Oc4cc(C)ccc4C)cc3n2C)cc1)C(=O)NC=O.CSCC(=O)NC=O.Cc1ccc(OCc2nc3ccc(Oc4cc(C)ccc4C)cc3n2C)cc1. The fourth-order valence-electron chi connectivity index (χ4n) is 7.25. The maximum atomic E-state index is 11.9. The summed E-state index contributed by atoms with van der Waals surface area (Å²) in [5.74, 6) is 6.32. The van der Waals surface area contributed by atoms with Crippen LogP contribution in [0.4, 0.5) is 0 Å². The van der Waals surface area contributed by atoms with Gasteiger partial charge in [-0.1, -0.05) is 54.1 Å². The van der Waals surface area contributed by atoms with Crippen molar-refractivity contribution in [3.63, 3.8) is 0 Å². The predicted molar refractivity (Wildman–Crippen MR) is 287 cm³/mol. The number of amides is 4. The molecule has 374 valence electrons. The van der Waals surface area contributed by atoms with Crippen molar-refractivity contribution in [2.24, 2.45) is 14.1 Å². The van der Waals surface area contributed by atoms with E-state index < -0.39 is 0 Å². The lowest BCUT2D eigenvalue weighted by molar-refractivity contribution is -0.125. The van der Waals surface area contributed by atoms with E-state index in [-0.39, 0.29) is 17.1 Å². The molecule has 8 aromatic rings. The number of rotatable bonds is 18. The third kappa shape index (κ3) is 15.0. The van der Waals surface area contributed by atoms with Crippen LogP contribution in [0.1, 0.15) is 45.0 Å². The summed E-state index contributed by atoms with van der Waals surface area (Å²) < 4.78 is 28.2. The first-order chi connectivity index (χ1) is 34.7. The van der Waals surface area contributed by atoms with Crippen LogP contribution >= 0.6 is 23.5 Å². The van der Waals surface area contributed by atoms with Crippen molar-refractivity contribution >= 4 is 70.2 Å². The number of carbonyl (C=O) groups is 4. The number of nitrogens with zero attached hydrogens (tertiary/aromatic N) is 4. The maximum Gasteiger partial charge on any atom is 0.239 e. The molecule has 0 aliphatic heterocycles. The summed E-state index contributed by atoms with van der Waals surface area (Å²) in [6, 6.07) is 39.9. The quantitative estimate of drug-likeness (QED) is 0.0783. The number of aromatic nitrogens is 4. The molecule has 72 heavy (non-hydrogen) atoms. The lowest BCUT2D eigenvalue weighted by Crippen LogP contribution is -2.32. The van der Waals surface area contributed by atoms with E-state index in [1.54, 1.807) is 6.26 Å². The highest BCUT2D eigenvalue weighted by Crippen LogP contribution is 2.31. The third-order valence-corrected chi connectivity index (χ3v) is 12.9. The summed E-state index contributed by atoms with van der Waals surface area (Å²) in [5.41, 5.74) is 10.5. The van der Waals surface area contributed by atoms with Gasteiger partial charge in [0.05, 0.1) is 33.1 Å². The normalized spacial score (nSPS) is 11.1. The number of hydrogen-bond acceptors (Lipinski definition) is 12. The molecule has 4 amide bonds. The van der Waals surface area contributed by atoms with Crippen LogP contribution in [0.3, 0.4) is 0 Å². The van der Waals surface area contributed by atoms with Crippen LogP contribution in [0, 0.1) is 34.6 Å². The molecule has 0 saturated heterocycles. The molecule has 0 radical (unpaired) electrons. The smallest absolute Gasteiger partial charge is 0.239 e. The molecule has 0 aliphatic carbocycles. The van der Waals surface area contributed by atoms with E-state index in [9.17, 15) is 19.2 Å². The summed E-state index contributed by atoms with van der Waals surface area (Å²) in [6.07, 6.45) is 4.98. The van der Waals surface area contributed by atoms with Crippen molar-refractivity contribution in [1.82, 2.24) is 29.7 Å². The average molecular weight is 1010 g/mol. The number of ether oxygens (including phenoxy) is 4. The molecule has 6 aromatic carbocycles. The predicted octanol–water partition coefficient (Wildman–Crippen LogP) is 10.6. The summed E-state index contributed by atoms with van der Waals surface area (Å²) >= 11 is 2.79. The Balaban J connectivity index is 0.000000209. The van der Waals surface area contributed by atoms with Gasteiger partial charge in [-0.15, -0.1) is 0 Å². The number of hydrogen-bond donors (Lipinski definition) is 2. The molecule has 2 aromatic heterocycles. The van der Waals surface area contributed by atoms with Gasteiger partial charge in [0.25, 0.3) is 0 Å². The maximum absolute atomic E-state index is 11.9. The van der Waals surface area contributed by atoms with Gasteiger partial charge in [-0.25, -0.2) is 9.97 Å². The van der Waals surface area contributed by atoms with E-state index >= 15 is 0 Å². The lowest BCUT2D eigenvalue weighted by Gasteiger charge is -2.13.